The minimum atomic E-state index is -4.59. The van der Waals surface area contributed by atoms with Crippen molar-refractivity contribution < 1.29 is 32.9 Å². The largest absolute Gasteiger partial charge is 0.756 e. The number of carbonyl (C=O) groups is 1. The van der Waals surface area contributed by atoms with E-state index < -0.39 is 20.0 Å². The molecule has 0 saturated heterocycles. The predicted octanol–water partition coefficient (Wildman–Crippen LogP) is 20.1. The zero-order valence-electron chi connectivity index (χ0n) is 51.0. The first-order valence-electron chi connectivity index (χ1n) is 33.2. The number of aliphatic hydroxyl groups excluding tert-OH is 1. The lowest BCUT2D eigenvalue weighted by molar-refractivity contribution is -0.870. The number of phosphoric ester groups is 1. The van der Waals surface area contributed by atoms with Crippen molar-refractivity contribution in [1.29, 1.82) is 0 Å². The van der Waals surface area contributed by atoms with Crippen molar-refractivity contribution in [3.63, 3.8) is 0 Å². The van der Waals surface area contributed by atoms with Crippen LogP contribution in [0.15, 0.2) is 24.3 Å². The number of unbranched alkanes of at least 4 members (excludes halogenated alkanes) is 47. The van der Waals surface area contributed by atoms with E-state index in [-0.39, 0.29) is 19.1 Å². The highest BCUT2D eigenvalue weighted by Gasteiger charge is 2.23. The van der Waals surface area contributed by atoms with Crippen LogP contribution in [0.25, 0.3) is 0 Å². The number of nitrogens with zero attached hydrogens (tertiary/aromatic N) is 1. The standard InChI is InChI=1S/C66H131N2O6P/c1-6-8-10-12-14-16-18-20-22-23-24-25-26-27-28-29-30-31-32-33-34-35-36-37-38-39-40-41-42-43-44-45-46-48-50-52-54-56-58-60-66(70)67-64(63-74-75(71,72)73-62-61-68(3,4)5)65(69)59-57-55-53-51-49-47-21-19-17-15-13-11-9-7-2/h33-34,57,59,64-65,69H,6-32,35-56,58,60-63H2,1-5H3,(H-,67,70,71,72)/b34-33-,59-57+. The van der Waals surface area contributed by atoms with Crippen LogP contribution in [0, 0.1) is 0 Å². The smallest absolute Gasteiger partial charge is 0.268 e. The number of hydrogen-bond acceptors (Lipinski definition) is 6. The average molecular weight is 1080 g/mol. The Morgan fingerprint density at radius 1 is 0.453 bits per heavy atom. The molecule has 0 aromatic heterocycles. The monoisotopic (exact) mass is 1080 g/mol. The van der Waals surface area contributed by atoms with Gasteiger partial charge in [-0.1, -0.05) is 314 Å². The number of rotatable bonds is 62. The third-order valence-corrected chi connectivity index (χ3v) is 16.4. The van der Waals surface area contributed by atoms with Crippen LogP contribution in [0.5, 0.6) is 0 Å². The van der Waals surface area contributed by atoms with Gasteiger partial charge in [-0.15, -0.1) is 0 Å². The SMILES string of the molecule is CCCCCCCCCCCCCC/C=C/C(O)C(COP(=O)([O-])OCC[N+](C)(C)C)NC(=O)CCCCCCCCCCCCCCCCCCC/C=C\CCCCCCCCCCCCCCCCCCCC. The van der Waals surface area contributed by atoms with Crippen LogP contribution in [0.3, 0.4) is 0 Å². The number of allylic oxidation sites excluding steroid dienone is 3. The number of nitrogens with one attached hydrogen (secondary N) is 1. The van der Waals surface area contributed by atoms with Gasteiger partial charge in [-0.05, 0) is 44.9 Å². The van der Waals surface area contributed by atoms with Gasteiger partial charge in [-0.3, -0.25) is 9.36 Å². The topological polar surface area (TPSA) is 108 Å². The van der Waals surface area contributed by atoms with Crippen LogP contribution in [0.4, 0.5) is 0 Å². The molecule has 2 N–H and O–H groups in total. The fourth-order valence-corrected chi connectivity index (χ4v) is 10.9. The van der Waals surface area contributed by atoms with Crippen LogP contribution in [-0.4, -0.2) is 68.5 Å². The summed E-state index contributed by atoms with van der Waals surface area (Å²) in [4.78, 5) is 25.5. The fraction of sp³-hybridized carbons (Fsp3) is 0.924. The molecule has 3 unspecified atom stereocenters. The first kappa shape index (κ1) is 74.0. The van der Waals surface area contributed by atoms with Gasteiger partial charge in [0.1, 0.15) is 13.2 Å². The summed E-state index contributed by atoms with van der Waals surface area (Å²) in [6, 6.07) is -0.884. The third kappa shape index (κ3) is 60.5. The molecule has 0 radical (unpaired) electrons. The van der Waals surface area contributed by atoms with Crippen molar-refractivity contribution in [2.24, 2.45) is 0 Å². The second-order valence-corrected chi connectivity index (χ2v) is 25.6. The summed E-state index contributed by atoms with van der Waals surface area (Å²) in [7, 11) is 1.28. The zero-order chi connectivity index (χ0) is 54.9. The maximum Gasteiger partial charge on any atom is 0.268 e. The van der Waals surface area contributed by atoms with Gasteiger partial charge in [0.15, 0.2) is 0 Å². The van der Waals surface area contributed by atoms with Crippen LogP contribution >= 0.6 is 7.82 Å². The van der Waals surface area contributed by atoms with E-state index >= 15 is 0 Å². The molecule has 0 aliphatic rings. The number of quaternary nitrogens is 1. The lowest BCUT2D eigenvalue weighted by Gasteiger charge is -2.29. The van der Waals surface area contributed by atoms with E-state index in [9.17, 15) is 19.4 Å². The Balaban J connectivity index is 3.87. The van der Waals surface area contributed by atoms with Gasteiger partial charge in [0.05, 0.1) is 39.9 Å². The molecule has 0 aliphatic heterocycles. The van der Waals surface area contributed by atoms with Crippen LogP contribution in [-0.2, 0) is 18.4 Å². The number of hydrogen-bond donors (Lipinski definition) is 2. The molecule has 1 amide bonds. The van der Waals surface area contributed by atoms with Gasteiger partial charge in [0.2, 0.25) is 5.91 Å². The summed E-state index contributed by atoms with van der Waals surface area (Å²) in [5.41, 5.74) is 0. The van der Waals surface area contributed by atoms with E-state index in [4.69, 9.17) is 9.05 Å². The number of amides is 1. The molecule has 9 heteroatoms. The Morgan fingerprint density at radius 3 is 1.04 bits per heavy atom. The lowest BCUT2D eigenvalue weighted by atomic mass is 10.0. The van der Waals surface area contributed by atoms with E-state index in [1.165, 1.54) is 283 Å². The summed E-state index contributed by atoms with van der Waals surface area (Å²) in [5.74, 6) is -0.192. The van der Waals surface area contributed by atoms with Crippen molar-refractivity contribution in [2.45, 2.75) is 353 Å². The van der Waals surface area contributed by atoms with Gasteiger partial charge >= 0.3 is 0 Å². The highest BCUT2D eigenvalue weighted by molar-refractivity contribution is 7.45. The van der Waals surface area contributed by atoms with Crippen LogP contribution in [0.2, 0.25) is 0 Å². The summed E-state index contributed by atoms with van der Waals surface area (Å²) >= 11 is 0. The molecule has 0 aromatic carbocycles. The molecule has 446 valence electrons. The molecule has 0 rings (SSSR count). The number of carbonyl (C=O) groups excluding carboxylic acids is 1. The Morgan fingerprint density at radius 2 is 0.733 bits per heavy atom. The Bertz CT molecular complexity index is 1270. The second-order valence-electron chi connectivity index (χ2n) is 24.2. The lowest BCUT2D eigenvalue weighted by Crippen LogP contribution is -2.45. The van der Waals surface area contributed by atoms with Gasteiger partial charge in [-0.25, -0.2) is 0 Å². The molecular weight excluding hydrogens is 948 g/mol. The molecule has 0 fully saturated rings. The highest BCUT2D eigenvalue weighted by atomic mass is 31.2. The molecule has 0 bridgehead atoms. The highest BCUT2D eigenvalue weighted by Crippen LogP contribution is 2.38. The van der Waals surface area contributed by atoms with Crippen molar-refractivity contribution in [3.05, 3.63) is 24.3 Å². The number of phosphoric acid groups is 1. The van der Waals surface area contributed by atoms with Crippen molar-refractivity contribution in [3.8, 4) is 0 Å². The van der Waals surface area contributed by atoms with E-state index in [0.29, 0.717) is 17.4 Å². The Labute approximate surface area is 468 Å². The summed E-state index contributed by atoms with van der Waals surface area (Å²) in [6.45, 7) is 4.69. The molecular formula is C66H131N2O6P. The van der Waals surface area contributed by atoms with E-state index in [0.717, 1.165) is 38.5 Å². The predicted molar refractivity (Wildman–Crippen MR) is 325 cm³/mol. The molecule has 0 aromatic rings. The van der Waals surface area contributed by atoms with E-state index in [1.807, 2.05) is 27.2 Å². The molecule has 8 nitrogen and oxygen atoms in total. The molecule has 0 saturated carbocycles. The summed E-state index contributed by atoms with van der Waals surface area (Å²) in [5, 5.41) is 13.9. The zero-order valence-corrected chi connectivity index (χ0v) is 51.9. The van der Waals surface area contributed by atoms with Gasteiger partial charge in [-0.2, -0.15) is 0 Å². The van der Waals surface area contributed by atoms with Gasteiger partial charge < -0.3 is 28.8 Å². The van der Waals surface area contributed by atoms with Crippen molar-refractivity contribution >= 4 is 13.7 Å². The summed E-state index contributed by atoms with van der Waals surface area (Å²) < 4.78 is 23.4. The van der Waals surface area contributed by atoms with Crippen LogP contribution in [0.1, 0.15) is 341 Å². The molecule has 3 atom stereocenters. The molecule has 0 spiro atoms. The maximum absolute atomic E-state index is 13.0. The molecule has 0 aliphatic carbocycles. The molecule has 0 heterocycles. The number of aliphatic hydroxyl groups is 1. The van der Waals surface area contributed by atoms with Crippen LogP contribution < -0.4 is 10.2 Å². The Hall–Kier alpha value is -1.02. The first-order chi connectivity index (χ1) is 36.5. The normalized spacial score (nSPS) is 13.9. The number of likely N-dealkylation sites (N-methyl/N-ethyl adjacent to an activating group) is 1. The van der Waals surface area contributed by atoms with Crippen molar-refractivity contribution in [2.75, 3.05) is 40.9 Å². The third-order valence-electron chi connectivity index (χ3n) is 15.4. The molecule has 75 heavy (non-hydrogen) atoms. The van der Waals surface area contributed by atoms with E-state index in [1.54, 1.807) is 6.08 Å². The minimum Gasteiger partial charge on any atom is -0.756 e. The fourth-order valence-electron chi connectivity index (χ4n) is 10.2. The van der Waals surface area contributed by atoms with Gasteiger partial charge in [0, 0.05) is 6.42 Å². The second kappa shape index (κ2) is 57.7. The Kier molecular flexibility index (Phi) is 56.9. The first-order valence-corrected chi connectivity index (χ1v) is 34.7. The quantitative estimate of drug-likeness (QED) is 0.0272. The van der Waals surface area contributed by atoms with Gasteiger partial charge in [0.25, 0.3) is 7.82 Å². The van der Waals surface area contributed by atoms with E-state index in [2.05, 4.69) is 31.3 Å². The maximum atomic E-state index is 13.0. The van der Waals surface area contributed by atoms with Crippen molar-refractivity contribution in [1.82, 2.24) is 5.32 Å². The minimum absolute atomic E-state index is 0.00134. The summed E-state index contributed by atoms with van der Waals surface area (Å²) in [6.07, 6.45) is 74.5. The average Bonchev–Trinajstić information content (AvgIpc) is 3.37.